The van der Waals surface area contributed by atoms with Crippen molar-refractivity contribution in [3.05, 3.63) is 0 Å². The Balaban J connectivity index is 1.42. The molecule has 1 aliphatic heterocycles. The number of hydrogen-bond acceptors (Lipinski definition) is 4. The molecule has 5 nitrogen and oxygen atoms in total. The smallest absolute Gasteiger partial charge is 0.214 e. The van der Waals surface area contributed by atoms with Gasteiger partial charge in [0.05, 0.1) is 18.0 Å². The van der Waals surface area contributed by atoms with Gasteiger partial charge in [0.1, 0.15) is 0 Å². The summed E-state index contributed by atoms with van der Waals surface area (Å²) in [5.74, 6) is 0. The molecule has 2 saturated carbocycles. The molecule has 6 heteroatoms. The van der Waals surface area contributed by atoms with E-state index in [1.165, 1.54) is 38.5 Å². The zero-order valence-electron chi connectivity index (χ0n) is 13.5. The van der Waals surface area contributed by atoms with Crippen LogP contribution in [-0.4, -0.2) is 57.0 Å². The minimum atomic E-state index is -3.05. The van der Waals surface area contributed by atoms with Crippen LogP contribution >= 0.6 is 0 Å². The summed E-state index contributed by atoms with van der Waals surface area (Å²) in [6.07, 6.45) is 10.7. The van der Waals surface area contributed by atoms with Crippen molar-refractivity contribution in [2.75, 3.05) is 26.2 Å². The maximum Gasteiger partial charge on any atom is 0.214 e. The third-order valence-corrected chi connectivity index (χ3v) is 7.20. The number of ether oxygens (including phenoxy) is 1. The van der Waals surface area contributed by atoms with Gasteiger partial charge < -0.3 is 4.74 Å². The number of hydrogen-bond donors (Lipinski definition) is 1. The first-order valence-corrected chi connectivity index (χ1v) is 10.5. The Bertz CT molecular complexity index is 442. The van der Waals surface area contributed by atoms with Gasteiger partial charge in [-0.3, -0.25) is 4.90 Å². The van der Waals surface area contributed by atoms with E-state index in [9.17, 15) is 8.42 Å². The molecular weight excluding hydrogens is 300 g/mol. The lowest BCUT2D eigenvalue weighted by molar-refractivity contribution is -0.0475. The molecule has 0 spiro atoms. The van der Waals surface area contributed by atoms with Gasteiger partial charge in [0.15, 0.2) is 0 Å². The molecule has 1 atom stereocenters. The van der Waals surface area contributed by atoms with E-state index < -0.39 is 10.0 Å². The van der Waals surface area contributed by atoms with E-state index >= 15 is 0 Å². The summed E-state index contributed by atoms with van der Waals surface area (Å²) in [5.41, 5.74) is 0. The second-order valence-corrected chi connectivity index (χ2v) is 9.11. The molecule has 0 bridgehead atoms. The zero-order chi connectivity index (χ0) is 15.4. The maximum atomic E-state index is 11.8. The van der Waals surface area contributed by atoms with Crippen LogP contribution in [0.3, 0.4) is 0 Å². The first-order chi connectivity index (χ1) is 10.6. The number of nitrogens with one attached hydrogen (secondary N) is 1. The topological polar surface area (TPSA) is 58.6 Å². The maximum absolute atomic E-state index is 11.8. The van der Waals surface area contributed by atoms with Crippen molar-refractivity contribution in [3.8, 4) is 0 Å². The quantitative estimate of drug-likeness (QED) is 0.756. The molecule has 1 saturated heterocycles. The van der Waals surface area contributed by atoms with E-state index in [-0.39, 0.29) is 11.4 Å². The summed E-state index contributed by atoms with van der Waals surface area (Å²) in [5, 5.41) is -0.123. The van der Waals surface area contributed by atoms with Crippen molar-refractivity contribution in [3.63, 3.8) is 0 Å². The minimum Gasteiger partial charge on any atom is -0.376 e. The molecule has 3 rings (SSSR count). The van der Waals surface area contributed by atoms with Crippen LogP contribution in [0.2, 0.25) is 0 Å². The summed E-state index contributed by atoms with van der Waals surface area (Å²) in [4.78, 5) is 2.59. The molecule has 1 heterocycles. The van der Waals surface area contributed by atoms with Crippen LogP contribution in [0.4, 0.5) is 0 Å². The molecule has 0 aromatic rings. The number of sulfonamides is 1. The Kier molecular flexibility index (Phi) is 5.76. The Morgan fingerprint density at radius 1 is 1.05 bits per heavy atom. The SMILES string of the molecule is O=S(=O)(NCCC1CN(C2CCCCCC2)CCO1)C1CC1. The van der Waals surface area contributed by atoms with Gasteiger partial charge >= 0.3 is 0 Å². The van der Waals surface area contributed by atoms with Crippen molar-refractivity contribution < 1.29 is 13.2 Å². The summed E-state index contributed by atoms with van der Waals surface area (Å²) in [6, 6.07) is 0.719. The Hall–Kier alpha value is -0.170. The second-order valence-electron chi connectivity index (χ2n) is 7.06. The predicted octanol–water partition coefficient (Wildman–Crippen LogP) is 1.88. The standard InChI is InChI=1S/C16H30N2O3S/c19-22(20,16-7-8-16)17-10-9-15-13-18(11-12-21-15)14-5-3-1-2-4-6-14/h14-17H,1-13H2. The lowest BCUT2D eigenvalue weighted by Crippen LogP contribution is -2.48. The number of morpholine rings is 1. The molecule has 22 heavy (non-hydrogen) atoms. The van der Waals surface area contributed by atoms with Crippen molar-refractivity contribution in [2.45, 2.75) is 75.2 Å². The van der Waals surface area contributed by atoms with Crippen molar-refractivity contribution in [2.24, 2.45) is 0 Å². The fraction of sp³-hybridized carbons (Fsp3) is 1.00. The first-order valence-electron chi connectivity index (χ1n) is 8.99. The van der Waals surface area contributed by atoms with Gasteiger partial charge in [-0.1, -0.05) is 25.7 Å². The predicted molar refractivity (Wildman–Crippen MR) is 87.4 cm³/mol. The van der Waals surface area contributed by atoms with Crippen molar-refractivity contribution in [1.82, 2.24) is 9.62 Å². The van der Waals surface area contributed by atoms with Crippen LogP contribution in [0, 0.1) is 0 Å². The summed E-state index contributed by atoms with van der Waals surface area (Å²) >= 11 is 0. The van der Waals surface area contributed by atoms with Gasteiger partial charge in [-0.05, 0) is 32.1 Å². The zero-order valence-corrected chi connectivity index (χ0v) is 14.3. The van der Waals surface area contributed by atoms with Gasteiger partial charge in [-0.15, -0.1) is 0 Å². The van der Waals surface area contributed by atoms with Gasteiger partial charge in [0.25, 0.3) is 0 Å². The highest BCUT2D eigenvalue weighted by molar-refractivity contribution is 7.90. The normalized spacial score (nSPS) is 29.4. The highest BCUT2D eigenvalue weighted by atomic mass is 32.2. The lowest BCUT2D eigenvalue weighted by atomic mass is 10.1. The molecule has 0 radical (unpaired) electrons. The van der Waals surface area contributed by atoms with Gasteiger partial charge in [0.2, 0.25) is 10.0 Å². The third kappa shape index (κ3) is 4.66. The summed E-state index contributed by atoms with van der Waals surface area (Å²) < 4.78 is 32.2. The molecule has 0 aromatic heterocycles. The molecule has 2 aliphatic carbocycles. The van der Waals surface area contributed by atoms with E-state index in [1.807, 2.05) is 0 Å². The minimum absolute atomic E-state index is 0.123. The monoisotopic (exact) mass is 330 g/mol. The molecule has 3 fully saturated rings. The van der Waals surface area contributed by atoms with Crippen LogP contribution in [-0.2, 0) is 14.8 Å². The highest BCUT2D eigenvalue weighted by Gasteiger charge is 2.35. The Labute approximate surface area is 134 Å². The third-order valence-electron chi connectivity index (χ3n) is 5.24. The molecule has 0 aromatic carbocycles. The van der Waals surface area contributed by atoms with E-state index in [0.717, 1.165) is 45.0 Å². The van der Waals surface area contributed by atoms with Crippen LogP contribution in [0.5, 0.6) is 0 Å². The second kappa shape index (κ2) is 7.60. The van der Waals surface area contributed by atoms with Crippen LogP contribution in [0.1, 0.15) is 57.8 Å². The van der Waals surface area contributed by atoms with E-state index in [0.29, 0.717) is 6.54 Å². The molecule has 1 N–H and O–H groups in total. The van der Waals surface area contributed by atoms with E-state index in [1.54, 1.807) is 0 Å². The van der Waals surface area contributed by atoms with Crippen molar-refractivity contribution >= 4 is 10.0 Å². The van der Waals surface area contributed by atoms with E-state index in [4.69, 9.17) is 4.74 Å². The number of rotatable bonds is 6. The fourth-order valence-electron chi connectivity index (χ4n) is 3.73. The number of nitrogens with zero attached hydrogens (tertiary/aromatic N) is 1. The van der Waals surface area contributed by atoms with Crippen LogP contribution < -0.4 is 4.72 Å². The average Bonchev–Trinajstić information content (AvgIpc) is 3.34. The molecule has 3 aliphatic rings. The van der Waals surface area contributed by atoms with Gasteiger partial charge in [-0.2, -0.15) is 0 Å². The van der Waals surface area contributed by atoms with Gasteiger partial charge in [-0.25, -0.2) is 13.1 Å². The summed E-state index contributed by atoms with van der Waals surface area (Å²) in [7, 11) is -3.05. The average molecular weight is 330 g/mol. The Morgan fingerprint density at radius 3 is 2.45 bits per heavy atom. The summed E-state index contributed by atoms with van der Waals surface area (Å²) in [6.45, 7) is 3.31. The van der Waals surface area contributed by atoms with Gasteiger partial charge in [0, 0.05) is 25.7 Å². The molecule has 0 amide bonds. The van der Waals surface area contributed by atoms with E-state index in [2.05, 4.69) is 9.62 Å². The Morgan fingerprint density at radius 2 is 1.77 bits per heavy atom. The first kappa shape index (κ1) is 16.7. The van der Waals surface area contributed by atoms with Crippen LogP contribution in [0.15, 0.2) is 0 Å². The fourth-order valence-corrected chi connectivity index (χ4v) is 5.12. The largest absolute Gasteiger partial charge is 0.376 e. The lowest BCUT2D eigenvalue weighted by Gasteiger charge is -2.38. The molecular formula is C16H30N2O3S. The highest BCUT2D eigenvalue weighted by Crippen LogP contribution is 2.27. The van der Waals surface area contributed by atoms with Crippen LogP contribution in [0.25, 0.3) is 0 Å². The van der Waals surface area contributed by atoms with Crippen molar-refractivity contribution in [1.29, 1.82) is 0 Å². The molecule has 128 valence electrons. The molecule has 1 unspecified atom stereocenters.